The Morgan fingerprint density at radius 2 is 2.28 bits per heavy atom. The van der Waals surface area contributed by atoms with E-state index in [1.807, 2.05) is 0 Å². The summed E-state index contributed by atoms with van der Waals surface area (Å²) in [5.41, 5.74) is 0.541. The number of rotatable bonds is 8. The maximum Gasteiger partial charge on any atom is 0.358 e. The van der Waals surface area contributed by atoms with E-state index in [2.05, 4.69) is 10.3 Å². The van der Waals surface area contributed by atoms with Crippen molar-refractivity contribution in [2.75, 3.05) is 13.7 Å². The normalized spacial score (nSPS) is 12.6. The van der Waals surface area contributed by atoms with Gasteiger partial charge in [-0.2, -0.15) is 0 Å². The average molecular weight is 257 g/mol. The van der Waals surface area contributed by atoms with Crippen LogP contribution in [0.25, 0.3) is 0 Å². The van der Waals surface area contributed by atoms with Crippen LogP contribution < -0.4 is 0 Å². The van der Waals surface area contributed by atoms with Crippen LogP contribution in [0.15, 0.2) is 0 Å². The standard InChI is InChI=1S/C11H19N3O4/c1-8(15)4-3-6-14-9(5-7-18-2)10(11(16)17)12-13-14/h8,15H,3-7H2,1-2H3,(H,16,17). The van der Waals surface area contributed by atoms with Gasteiger partial charge in [0, 0.05) is 20.1 Å². The monoisotopic (exact) mass is 257 g/mol. The van der Waals surface area contributed by atoms with E-state index in [0.29, 0.717) is 31.7 Å². The summed E-state index contributed by atoms with van der Waals surface area (Å²) in [7, 11) is 1.56. The summed E-state index contributed by atoms with van der Waals surface area (Å²) < 4.78 is 6.52. The van der Waals surface area contributed by atoms with Gasteiger partial charge in [-0.25, -0.2) is 9.48 Å². The molecular formula is C11H19N3O4. The molecule has 1 rings (SSSR count). The lowest BCUT2D eigenvalue weighted by molar-refractivity contribution is 0.0688. The SMILES string of the molecule is COCCc1c(C(=O)O)nnn1CCCC(C)O. The fourth-order valence-electron chi connectivity index (χ4n) is 1.66. The minimum Gasteiger partial charge on any atom is -0.476 e. The Morgan fingerprint density at radius 3 is 2.83 bits per heavy atom. The van der Waals surface area contributed by atoms with Crippen LogP contribution in [0.5, 0.6) is 0 Å². The second-order valence-electron chi connectivity index (χ2n) is 4.15. The molecule has 0 spiro atoms. The van der Waals surface area contributed by atoms with Gasteiger partial charge in [0.2, 0.25) is 0 Å². The first-order valence-electron chi connectivity index (χ1n) is 5.89. The summed E-state index contributed by atoms with van der Waals surface area (Å²) >= 11 is 0. The second-order valence-corrected chi connectivity index (χ2v) is 4.15. The topological polar surface area (TPSA) is 97.5 Å². The number of aromatic carboxylic acids is 1. The summed E-state index contributed by atoms with van der Waals surface area (Å²) in [6.07, 6.45) is 1.46. The number of carbonyl (C=O) groups is 1. The van der Waals surface area contributed by atoms with E-state index in [4.69, 9.17) is 9.84 Å². The maximum absolute atomic E-state index is 11.0. The van der Waals surface area contributed by atoms with Gasteiger partial charge in [0.25, 0.3) is 0 Å². The highest BCUT2D eigenvalue weighted by Gasteiger charge is 2.18. The highest BCUT2D eigenvalue weighted by Crippen LogP contribution is 2.09. The highest BCUT2D eigenvalue weighted by molar-refractivity contribution is 5.86. The predicted molar refractivity (Wildman–Crippen MR) is 63.5 cm³/mol. The van der Waals surface area contributed by atoms with Crippen molar-refractivity contribution in [3.63, 3.8) is 0 Å². The molecule has 0 aromatic carbocycles. The van der Waals surface area contributed by atoms with Crippen molar-refractivity contribution < 1.29 is 19.7 Å². The van der Waals surface area contributed by atoms with E-state index in [-0.39, 0.29) is 11.8 Å². The van der Waals surface area contributed by atoms with E-state index < -0.39 is 5.97 Å². The third-order valence-corrected chi connectivity index (χ3v) is 2.57. The van der Waals surface area contributed by atoms with Gasteiger partial charge >= 0.3 is 5.97 Å². The number of nitrogens with zero attached hydrogens (tertiary/aromatic N) is 3. The van der Waals surface area contributed by atoms with E-state index in [1.54, 1.807) is 18.7 Å². The molecule has 0 radical (unpaired) electrons. The van der Waals surface area contributed by atoms with Crippen molar-refractivity contribution in [1.82, 2.24) is 15.0 Å². The number of hydrogen-bond donors (Lipinski definition) is 2. The third-order valence-electron chi connectivity index (χ3n) is 2.57. The van der Waals surface area contributed by atoms with Crippen LogP contribution in [-0.4, -0.2) is 51.0 Å². The molecule has 1 unspecified atom stereocenters. The second kappa shape index (κ2) is 7.07. The van der Waals surface area contributed by atoms with Crippen molar-refractivity contribution in [3.8, 4) is 0 Å². The molecule has 102 valence electrons. The van der Waals surface area contributed by atoms with Crippen LogP contribution >= 0.6 is 0 Å². The minimum atomic E-state index is -1.08. The van der Waals surface area contributed by atoms with Gasteiger partial charge in [0.1, 0.15) is 0 Å². The molecule has 1 heterocycles. The number of methoxy groups -OCH3 is 1. The van der Waals surface area contributed by atoms with Crippen LogP contribution in [0.1, 0.15) is 35.9 Å². The summed E-state index contributed by atoms with van der Waals surface area (Å²) in [5.74, 6) is -1.08. The van der Waals surface area contributed by atoms with Crippen molar-refractivity contribution in [3.05, 3.63) is 11.4 Å². The van der Waals surface area contributed by atoms with Crippen molar-refractivity contribution in [2.24, 2.45) is 0 Å². The lowest BCUT2D eigenvalue weighted by Gasteiger charge is -2.07. The fourth-order valence-corrected chi connectivity index (χ4v) is 1.66. The van der Waals surface area contributed by atoms with Crippen molar-refractivity contribution in [2.45, 2.75) is 38.8 Å². The van der Waals surface area contributed by atoms with Crippen LogP contribution in [0.3, 0.4) is 0 Å². The lowest BCUT2D eigenvalue weighted by atomic mass is 10.2. The number of carboxylic acid groups (broad SMARTS) is 1. The Balaban J connectivity index is 2.73. The summed E-state index contributed by atoms with van der Waals surface area (Å²) in [6, 6.07) is 0. The van der Waals surface area contributed by atoms with Gasteiger partial charge in [-0.3, -0.25) is 0 Å². The summed E-state index contributed by atoms with van der Waals surface area (Å²) in [5, 5.41) is 25.7. The number of hydrogen-bond acceptors (Lipinski definition) is 5. The van der Waals surface area contributed by atoms with Gasteiger partial charge < -0.3 is 14.9 Å². The minimum absolute atomic E-state index is 0.0240. The van der Waals surface area contributed by atoms with Gasteiger partial charge in [-0.15, -0.1) is 5.10 Å². The first kappa shape index (κ1) is 14.6. The van der Waals surface area contributed by atoms with Crippen LogP contribution in [0.4, 0.5) is 0 Å². The zero-order valence-electron chi connectivity index (χ0n) is 10.7. The molecule has 0 amide bonds. The molecule has 0 saturated heterocycles. The fraction of sp³-hybridized carbons (Fsp3) is 0.727. The molecule has 0 aliphatic rings. The number of ether oxygens (including phenoxy) is 1. The molecule has 0 fully saturated rings. The van der Waals surface area contributed by atoms with Gasteiger partial charge in [0.05, 0.1) is 18.4 Å². The number of aliphatic hydroxyl groups is 1. The van der Waals surface area contributed by atoms with Gasteiger partial charge in [-0.05, 0) is 19.8 Å². The van der Waals surface area contributed by atoms with E-state index in [1.165, 1.54) is 0 Å². The van der Waals surface area contributed by atoms with Crippen molar-refractivity contribution >= 4 is 5.97 Å². The lowest BCUT2D eigenvalue weighted by Crippen LogP contribution is -2.12. The molecule has 0 saturated carbocycles. The van der Waals surface area contributed by atoms with E-state index >= 15 is 0 Å². The Morgan fingerprint density at radius 1 is 1.56 bits per heavy atom. The maximum atomic E-state index is 11.0. The molecule has 1 aromatic rings. The smallest absolute Gasteiger partial charge is 0.358 e. The molecule has 7 heteroatoms. The first-order chi connectivity index (χ1) is 8.56. The van der Waals surface area contributed by atoms with Crippen molar-refractivity contribution in [1.29, 1.82) is 0 Å². The molecule has 0 aliphatic heterocycles. The van der Waals surface area contributed by atoms with Crippen LogP contribution in [0, 0.1) is 0 Å². The molecule has 1 aromatic heterocycles. The zero-order chi connectivity index (χ0) is 13.5. The molecular weight excluding hydrogens is 238 g/mol. The first-order valence-corrected chi connectivity index (χ1v) is 5.89. The van der Waals surface area contributed by atoms with Gasteiger partial charge in [-0.1, -0.05) is 5.21 Å². The van der Waals surface area contributed by atoms with E-state index in [0.717, 1.165) is 6.42 Å². The number of aryl methyl sites for hydroxylation is 1. The molecule has 0 bridgehead atoms. The molecule has 0 aliphatic carbocycles. The van der Waals surface area contributed by atoms with E-state index in [9.17, 15) is 9.90 Å². The predicted octanol–water partition coefficient (Wildman–Crippen LogP) is 0.326. The number of carboxylic acids is 1. The number of aromatic nitrogens is 3. The Hall–Kier alpha value is -1.47. The number of aliphatic hydroxyl groups excluding tert-OH is 1. The Kier molecular flexibility index (Phi) is 5.73. The van der Waals surface area contributed by atoms with Gasteiger partial charge in [0.15, 0.2) is 5.69 Å². The molecule has 1 atom stereocenters. The third kappa shape index (κ3) is 4.08. The average Bonchev–Trinajstić information content (AvgIpc) is 2.69. The highest BCUT2D eigenvalue weighted by atomic mass is 16.5. The van der Waals surface area contributed by atoms with Crippen LogP contribution in [0.2, 0.25) is 0 Å². The summed E-state index contributed by atoms with van der Waals surface area (Å²) in [4.78, 5) is 11.0. The zero-order valence-corrected chi connectivity index (χ0v) is 10.7. The quantitative estimate of drug-likeness (QED) is 0.696. The van der Waals surface area contributed by atoms with Crippen LogP contribution in [-0.2, 0) is 17.7 Å². The molecule has 7 nitrogen and oxygen atoms in total. The summed E-state index contributed by atoms with van der Waals surface area (Å²) in [6.45, 7) is 2.68. The molecule has 2 N–H and O–H groups in total. The Labute approximate surface area is 105 Å². The molecule has 18 heavy (non-hydrogen) atoms. The largest absolute Gasteiger partial charge is 0.476 e. The Bertz CT molecular complexity index is 390.